The van der Waals surface area contributed by atoms with Crippen LogP contribution >= 0.6 is 0 Å². The van der Waals surface area contributed by atoms with Crippen molar-refractivity contribution in [1.29, 1.82) is 0 Å². The van der Waals surface area contributed by atoms with Gasteiger partial charge in [0.2, 0.25) is 0 Å². The van der Waals surface area contributed by atoms with Gasteiger partial charge in [-0.05, 0) is 50.9 Å². The minimum Gasteiger partial charge on any atom is -0.491 e. The fraction of sp³-hybridized carbons (Fsp3) is 0.571. The fourth-order valence-electron chi connectivity index (χ4n) is 2.20. The molecule has 1 fully saturated rings. The average molecular weight is 237 g/mol. The second-order valence-corrected chi connectivity index (χ2v) is 4.84. The molecule has 0 saturated carbocycles. The first-order valence-electron chi connectivity index (χ1n) is 6.31. The van der Waals surface area contributed by atoms with E-state index in [1.54, 1.807) is 0 Å². The largest absolute Gasteiger partial charge is 0.491 e. The molecule has 1 aliphatic heterocycles. The number of ether oxygens (including phenoxy) is 1. The number of nitrogens with one attached hydrogen (secondary N) is 1. The lowest BCUT2D eigenvalue weighted by atomic mass is 10.0. The lowest BCUT2D eigenvalue weighted by Crippen LogP contribution is -2.26. The lowest BCUT2D eigenvalue weighted by Gasteiger charge is -2.17. The van der Waals surface area contributed by atoms with Crippen LogP contribution in [0.25, 0.3) is 0 Å². The monoisotopic (exact) mass is 237 g/mol. The van der Waals surface area contributed by atoms with Crippen LogP contribution in [0.15, 0.2) is 24.3 Å². The highest BCUT2D eigenvalue weighted by Gasteiger charge is 2.25. The Hall–Kier alpha value is -1.09. The zero-order valence-corrected chi connectivity index (χ0v) is 10.4. The first kappa shape index (κ1) is 12.4. The predicted octanol–water partition coefficient (Wildman–Crippen LogP) is 3.24. The molecule has 1 N–H and O–H groups in total. The molecule has 0 radical (unpaired) electrons. The normalized spacial score (nSPS) is 21.8. The molecule has 0 aliphatic carbocycles. The molecular weight excluding hydrogens is 217 g/mol. The topological polar surface area (TPSA) is 21.3 Å². The standard InChI is InChI=1S/C14H20FNO/c1-10(2)17-12-7-5-11(6-8-12)14(15)13-4-3-9-16-13/h5-8,10,13-14,16H,3-4,9H2,1-2H3. The van der Waals surface area contributed by atoms with Crippen molar-refractivity contribution in [2.75, 3.05) is 6.54 Å². The first-order valence-corrected chi connectivity index (χ1v) is 6.31. The smallest absolute Gasteiger partial charge is 0.140 e. The van der Waals surface area contributed by atoms with Gasteiger partial charge in [0.05, 0.1) is 6.10 Å². The van der Waals surface area contributed by atoms with Crippen LogP contribution in [0.2, 0.25) is 0 Å². The van der Waals surface area contributed by atoms with E-state index in [0.717, 1.165) is 30.7 Å². The summed E-state index contributed by atoms with van der Waals surface area (Å²) in [5.41, 5.74) is 0.737. The van der Waals surface area contributed by atoms with Crippen LogP contribution in [0.1, 0.15) is 38.4 Å². The molecule has 0 spiro atoms. The van der Waals surface area contributed by atoms with Crippen LogP contribution in [0.5, 0.6) is 5.75 Å². The summed E-state index contributed by atoms with van der Waals surface area (Å²) >= 11 is 0. The van der Waals surface area contributed by atoms with Crippen LogP contribution in [0, 0.1) is 0 Å². The van der Waals surface area contributed by atoms with E-state index in [2.05, 4.69) is 5.32 Å². The highest BCUT2D eigenvalue weighted by molar-refractivity contribution is 5.29. The zero-order valence-electron chi connectivity index (χ0n) is 10.4. The van der Waals surface area contributed by atoms with Crippen molar-refractivity contribution >= 4 is 0 Å². The maximum absolute atomic E-state index is 14.1. The zero-order chi connectivity index (χ0) is 12.3. The molecule has 3 heteroatoms. The molecule has 2 rings (SSSR count). The van der Waals surface area contributed by atoms with Crippen LogP contribution in [0.3, 0.4) is 0 Å². The Morgan fingerprint density at radius 1 is 1.29 bits per heavy atom. The van der Waals surface area contributed by atoms with Gasteiger partial charge in [0.25, 0.3) is 0 Å². The average Bonchev–Trinajstić information content (AvgIpc) is 2.82. The van der Waals surface area contributed by atoms with E-state index in [-0.39, 0.29) is 12.1 Å². The van der Waals surface area contributed by atoms with E-state index in [1.165, 1.54) is 0 Å². The fourth-order valence-corrected chi connectivity index (χ4v) is 2.20. The number of halogens is 1. The molecule has 2 unspecified atom stereocenters. The van der Waals surface area contributed by atoms with Gasteiger partial charge in [-0.3, -0.25) is 0 Å². The summed E-state index contributed by atoms with van der Waals surface area (Å²) in [7, 11) is 0. The second kappa shape index (κ2) is 5.50. The van der Waals surface area contributed by atoms with Crippen molar-refractivity contribution in [2.45, 2.75) is 45.0 Å². The van der Waals surface area contributed by atoms with Crippen LogP contribution in [-0.2, 0) is 0 Å². The SMILES string of the molecule is CC(C)Oc1ccc(C(F)C2CCCN2)cc1. The Balaban J connectivity index is 2.01. The van der Waals surface area contributed by atoms with Gasteiger partial charge in [-0.1, -0.05) is 12.1 Å². The van der Waals surface area contributed by atoms with E-state index >= 15 is 0 Å². The summed E-state index contributed by atoms with van der Waals surface area (Å²) in [6, 6.07) is 7.31. The molecule has 94 valence electrons. The molecule has 1 aromatic carbocycles. The van der Waals surface area contributed by atoms with Crippen molar-refractivity contribution in [1.82, 2.24) is 5.32 Å². The van der Waals surface area contributed by atoms with Gasteiger partial charge in [0.1, 0.15) is 11.9 Å². The Labute approximate surface area is 102 Å². The molecule has 2 nitrogen and oxygen atoms in total. The van der Waals surface area contributed by atoms with Gasteiger partial charge in [-0.25, -0.2) is 4.39 Å². The maximum Gasteiger partial charge on any atom is 0.140 e. The van der Waals surface area contributed by atoms with E-state index in [4.69, 9.17) is 4.74 Å². The van der Waals surface area contributed by atoms with Crippen molar-refractivity contribution < 1.29 is 9.13 Å². The first-order chi connectivity index (χ1) is 8.16. The van der Waals surface area contributed by atoms with Gasteiger partial charge in [0, 0.05) is 6.04 Å². The molecule has 0 bridgehead atoms. The Kier molecular flexibility index (Phi) is 4.00. The number of hydrogen-bond acceptors (Lipinski definition) is 2. The molecule has 17 heavy (non-hydrogen) atoms. The summed E-state index contributed by atoms with van der Waals surface area (Å²) in [5.74, 6) is 0.801. The summed E-state index contributed by atoms with van der Waals surface area (Å²) in [6.45, 7) is 4.89. The summed E-state index contributed by atoms with van der Waals surface area (Å²) < 4.78 is 19.7. The van der Waals surface area contributed by atoms with E-state index < -0.39 is 6.17 Å². The number of rotatable bonds is 4. The number of alkyl halides is 1. The Bertz CT molecular complexity index is 344. The van der Waals surface area contributed by atoms with Crippen LogP contribution in [0.4, 0.5) is 4.39 Å². The van der Waals surface area contributed by atoms with Crippen LogP contribution < -0.4 is 10.1 Å². The molecule has 0 aromatic heterocycles. The highest BCUT2D eigenvalue weighted by Crippen LogP contribution is 2.28. The van der Waals surface area contributed by atoms with Crippen molar-refractivity contribution in [3.8, 4) is 5.75 Å². The third-order valence-corrected chi connectivity index (χ3v) is 3.02. The van der Waals surface area contributed by atoms with E-state index in [0.29, 0.717) is 0 Å². The van der Waals surface area contributed by atoms with E-state index in [9.17, 15) is 4.39 Å². The molecule has 1 aliphatic rings. The van der Waals surface area contributed by atoms with Gasteiger partial charge in [-0.15, -0.1) is 0 Å². The van der Waals surface area contributed by atoms with Crippen LogP contribution in [-0.4, -0.2) is 18.7 Å². The maximum atomic E-state index is 14.1. The van der Waals surface area contributed by atoms with Gasteiger partial charge >= 0.3 is 0 Å². The van der Waals surface area contributed by atoms with E-state index in [1.807, 2.05) is 38.1 Å². The van der Waals surface area contributed by atoms with Crippen molar-refractivity contribution in [3.05, 3.63) is 29.8 Å². The predicted molar refractivity (Wildman–Crippen MR) is 67.1 cm³/mol. The Morgan fingerprint density at radius 3 is 2.53 bits per heavy atom. The molecule has 1 saturated heterocycles. The molecular formula is C14H20FNO. The second-order valence-electron chi connectivity index (χ2n) is 4.84. The third kappa shape index (κ3) is 3.19. The molecule has 1 heterocycles. The lowest BCUT2D eigenvalue weighted by molar-refractivity contribution is 0.241. The van der Waals surface area contributed by atoms with Crippen molar-refractivity contribution in [3.63, 3.8) is 0 Å². The van der Waals surface area contributed by atoms with Crippen molar-refractivity contribution in [2.24, 2.45) is 0 Å². The number of hydrogen-bond donors (Lipinski definition) is 1. The summed E-state index contributed by atoms with van der Waals surface area (Å²) in [5, 5.41) is 3.20. The van der Waals surface area contributed by atoms with Gasteiger partial charge in [0.15, 0.2) is 0 Å². The summed E-state index contributed by atoms with van der Waals surface area (Å²) in [6.07, 6.45) is 1.23. The van der Waals surface area contributed by atoms with Gasteiger partial charge < -0.3 is 10.1 Å². The third-order valence-electron chi connectivity index (χ3n) is 3.02. The number of benzene rings is 1. The molecule has 2 atom stereocenters. The molecule has 1 aromatic rings. The quantitative estimate of drug-likeness (QED) is 0.868. The Morgan fingerprint density at radius 2 is 2.00 bits per heavy atom. The van der Waals surface area contributed by atoms with Gasteiger partial charge in [-0.2, -0.15) is 0 Å². The highest BCUT2D eigenvalue weighted by atomic mass is 19.1. The summed E-state index contributed by atoms with van der Waals surface area (Å²) in [4.78, 5) is 0. The minimum atomic E-state index is -0.911. The molecule has 0 amide bonds. The minimum absolute atomic E-state index is 0.0214.